The van der Waals surface area contributed by atoms with E-state index in [1.54, 1.807) is 13.2 Å². The molecule has 0 amide bonds. The normalized spacial score (nSPS) is 14.3. The summed E-state index contributed by atoms with van der Waals surface area (Å²) >= 11 is 3.46. The number of aromatic hydroxyl groups is 1. The van der Waals surface area contributed by atoms with Crippen LogP contribution in [-0.2, 0) is 4.74 Å². The SMILES string of the molecule is CCCC(COC)NC(CC)c1cc(Br)ccc1O. The van der Waals surface area contributed by atoms with Gasteiger partial charge in [-0.15, -0.1) is 0 Å². The van der Waals surface area contributed by atoms with Crippen molar-refractivity contribution >= 4 is 15.9 Å². The molecule has 2 atom stereocenters. The fraction of sp³-hybridized carbons (Fsp3) is 0.600. The largest absolute Gasteiger partial charge is 0.508 e. The van der Waals surface area contributed by atoms with Crippen molar-refractivity contribution in [3.63, 3.8) is 0 Å². The molecule has 0 aliphatic heterocycles. The van der Waals surface area contributed by atoms with Crippen molar-refractivity contribution < 1.29 is 9.84 Å². The van der Waals surface area contributed by atoms with Crippen LogP contribution in [0.4, 0.5) is 0 Å². The summed E-state index contributed by atoms with van der Waals surface area (Å²) in [4.78, 5) is 0. The molecule has 3 nitrogen and oxygen atoms in total. The summed E-state index contributed by atoms with van der Waals surface area (Å²) < 4.78 is 6.24. The summed E-state index contributed by atoms with van der Waals surface area (Å²) in [6.07, 6.45) is 3.11. The number of phenolic OH excluding ortho intramolecular Hbond substituents is 1. The summed E-state index contributed by atoms with van der Waals surface area (Å²) in [6, 6.07) is 6.02. The van der Waals surface area contributed by atoms with Gasteiger partial charge in [0.2, 0.25) is 0 Å². The number of ether oxygens (including phenoxy) is 1. The molecule has 0 aliphatic rings. The molecule has 0 spiro atoms. The van der Waals surface area contributed by atoms with E-state index in [2.05, 4.69) is 35.1 Å². The lowest BCUT2D eigenvalue weighted by atomic mass is 10.0. The number of hydrogen-bond acceptors (Lipinski definition) is 3. The maximum absolute atomic E-state index is 10.0. The summed E-state index contributed by atoms with van der Waals surface area (Å²) in [5.74, 6) is 0.343. The Labute approximate surface area is 124 Å². The van der Waals surface area contributed by atoms with E-state index in [-0.39, 0.29) is 6.04 Å². The Morgan fingerprint density at radius 1 is 1.37 bits per heavy atom. The molecule has 0 bridgehead atoms. The molecule has 0 saturated heterocycles. The molecule has 0 heterocycles. The van der Waals surface area contributed by atoms with Crippen molar-refractivity contribution in [2.24, 2.45) is 0 Å². The van der Waals surface area contributed by atoms with Gasteiger partial charge in [-0.25, -0.2) is 0 Å². The van der Waals surface area contributed by atoms with Crippen LogP contribution in [0.1, 0.15) is 44.7 Å². The zero-order valence-corrected chi connectivity index (χ0v) is 13.5. The number of hydrogen-bond donors (Lipinski definition) is 2. The minimum atomic E-state index is 0.143. The van der Waals surface area contributed by atoms with Crippen LogP contribution in [-0.4, -0.2) is 24.9 Å². The van der Waals surface area contributed by atoms with Gasteiger partial charge < -0.3 is 15.2 Å². The fourth-order valence-corrected chi connectivity index (χ4v) is 2.66. The summed E-state index contributed by atoms with van der Waals surface area (Å²) in [5.41, 5.74) is 0.939. The van der Waals surface area contributed by atoms with E-state index < -0.39 is 0 Å². The first-order valence-electron chi connectivity index (χ1n) is 6.85. The van der Waals surface area contributed by atoms with Crippen LogP contribution < -0.4 is 5.32 Å². The van der Waals surface area contributed by atoms with Crippen LogP contribution in [0.15, 0.2) is 22.7 Å². The van der Waals surface area contributed by atoms with Crippen molar-refractivity contribution in [3.05, 3.63) is 28.2 Å². The molecule has 4 heteroatoms. The molecule has 1 aromatic rings. The van der Waals surface area contributed by atoms with Crippen LogP contribution in [0.25, 0.3) is 0 Å². The molecule has 0 saturated carbocycles. The number of phenols is 1. The minimum Gasteiger partial charge on any atom is -0.508 e. The number of halogens is 1. The highest BCUT2D eigenvalue weighted by Gasteiger charge is 2.18. The van der Waals surface area contributed by atoms with Gasteiger partial charge in [0.15, 0.2) is 0 Å². The van der Waals surface area contributed by atoms with E-state index in [1.807, 2.05) is 12.1 Å². The number of benzene rings is 1. The predicted octanol–water partition coefficient (Wildman–Crippen LogP) is 4.01. The topological polar surface area (TPSA) is 41.5 Å². The lowest BCUT2D eigenvalue weighted by molar-refractivity contribution is 0.155. The maximum atomic E-state index is 10.0. The molecular formula is C15H24BrNO2. The van der Waals surface area contributed by atoms with Crippen LogP contribution in [0.3, 0.4) is 0 Å². The lowest BCUT2D eigenvalue weighted by Crippen LogP contribution is -2.36. The van der Waals surface area contributed by atoms with E-state index in [0.29, 0.717) is 18.4 Å². The van der Waals surface area contributed by atoms with E-state index in [0.717, 1.165) is 29.3 Å². The molecule has 1 rings (SSSR count). The van der Waals surface area contributed by atoms with Crippen LogP contribution in [0.2, 0.25) is 0 Å². The summed E-state index contributed by atoms with van der Waals surface area (Å²) in [5, 5.41) is 13.6. The Hall–Kier alpha value is -0.580. The van der Waals surface area contributed by atoms with Gasteiger partial charge in [0.1, 0.15) is 5.75 Å². The van der Waals surface area contributed by atoms with Crippen molar-refractivity contribution in [1.82, 2.24) is 5.32 Å². The van der Waals surface area contributed by atoms with Crippen LogP contribution in [0, 0.1) is 0 Å². The molecule has 19 heavy (non-hydrogen) atoms. The average Bonchev–Trinajstić information content (AvgIpc) is 2.39. The van der Waals surface area contributed by atoms with Gasteiger partial charge in [-0.1, -0.05) is 36.2 Å². The van der Waals surface area contributed by atoms with Gasteiger partial charge in [0.25, 0.3) is 0 Å². The summed E-state index contributed by atoms with van der Waals surface area (Å²) in [7, 11) is 1.72. The molecule has 108 valence electrons. The molecule has 2 unspecified atom stereocenters. The molecule has 1 aromatic carbocycles. The molecular weight excluding hydrogens is 306 g/mol. The average molecular weight is 330 g/mol. The molecule has 0 aliphatic carbocycles. The first-order chi connectivity index (χ1) is 9.12. The van der Waals surface area contributed by atoms with E-state index in [4.69, 9.17) is 4.74 Å². The van der Waals surface area contributed by atoms with E-state index in [1.165, 1.54) is 0 Å². The monoisotopic (exact) mass is 329 g/mol. The predicted molar refractivity (Wildman–Crippen MR) is 82.5 cm³/mol. The summed E-state index contributed by atoms with van der Waals surface area (Å²) in [6.45, 7) is 4.98. The second kappa shape index (κ2) is 8.56. The second-order valence-electron chi connectivity index (χ2n) is 4.77. The Morgan fingerprint density at radius 3 is 2.68 bits per heavy atom. The maximum Gasteiger partial charge on any atom is 0.120 e. The van der Waals surface area contributed by atoms with Crippen LogP contribution >= 0.6 is 15.9 Å². The number of rotatable bonds is 8. The van der Waals surface area contributed by atoms with Gasteiger partial charge in [-0.05, 0) is 31.0 Å². The molecule has 0 aromatic heterocycles. The quantitative estimate of drug-likeness (QED) is 0.757. The Kier molecular flexibility index (Phi) is 7.42. The van der Waals surface area contributed by atoms with E-state index >= 15 is 0 Å². The van der Waals surface area contributed by atoms with Gasteiger partial charge >= 0.3 is 0 Å². The van der Waals surface area contributed by atoms with E-state index in [9.17, 15) is 5.11 Å². The Morgan fingerprint density at radius 2 is 2.11 bits per heavy atom. The highest BCUT2D eigenvalue weighted by molar-refractivity contribution is 9.10. The zero-order valence-electron chi connectivity index (χ0n) is 11.9. The standard InChI is InChI=1S/C15H24BrNO2/c1-4-6-12(10-19-3)17-14(5-2)13-9-11(16)7-8-15(13)18/h7-9,12,14,17-18H,4-6,10H2,1-3H3. The lowest BCUT2D eigenvalue weighted by Gasteiger charge is -2.25. The highest BCUT2D eigenvalue weighted by atomic mass is 79.9. The third-order valence-corrected chi connectivity index (χ3v) is 3.71. The smallest absolute Gasteiger partial charge is 0.120 e. The number of nitrogens with one attached hydrogen (secondary N) is 1. The van der Waals surface area contributed by atoms with Crippen molar-refractivity contribution in [1.29, 1.82) is 0 Å². The third-order valence-electron chi connectivity index (χ3n) is 3.22. The zero-order chi connectivity index (χ0) is 14.3. The van der Waals surface area contributed by atoms with Gasteiger partial charge in [0, 0.05) is 29.2 Å². The highest BCUT2D eigenvalue weighted by Crippen LogP contribution is 2.29. The van der Waals surface area contributed by atoms with Gasteiger partial charge in [-0.2, -0.15) is 0 Å². The molecule has 2 N–H and O–H groups in total. The third kappa shape index (κ3) is 5.13. The second-order valence-corrected chi connectivity index (χ2v) is 5.69. The first kappa shape index (κ1) is 16.5. The van der Waals surface area contributed by atoms with Crippen LogP contribution in [0.5, 0.6) is 5.75 Å². The van der Waals surface area contributed by atoms with Gasteiger partial charge in [0.05, 0.1) is 6.61 Å². The Bertz CT molecular complexity index is 378. The molecule has 0 fully saturated rings. The van der Waals surface area contributed by atoms with Gasteiger partial charge in [-0.3, -0.25) is 0 Å². The van der Waals surface area contributed by atoms with Crippen molar-refractivity contribution in [2.75, 3.05) is 13.7 Å². The molecule has 0 radical (unpaired) electrons. The van der Waals surface area contributed by atoms with Crippen molar-refractivity contribution in [2.45, 2.75) is 45.2 Å². The Balaban J connectivity index is 2.83. The first-order valence-corrected chi connectivity index (χ1v) is 7.65. The minimum absolute atomic E-state index is 0.143. The number of methoxy groups -OCH3 is 1. The fourth-order valence-electron chi connectivity index (χ4n) is 2.28. The van der Waals surface area contributed by atoms with Crippen molar-refractivity contribution in [3.8, 4) is 5.75 Å².